The Morgan fingerprint density at radius 3 is 1.95 bits per heavy atom. The molecule has 1 atom stereocenters. The van der Waals surface area contributed by atoms with Crippen LogP contribution in [0.25, 0.3) is 0 Å². The van der Waals surface area contributed by atoms with Gasteiger partial charge in [-0.05, 0) is 60.4 Å². The van der Waals surface area contributed by atoms with Crippen LogP contribution in [-0.2, 0) is 20.4 Å². The summed E-state index contributed by atoms with van der Waals surface area (Å²) in [7, 11) is -4.06. The second kappa shape index (κ2) is 11.8. The Balaban J connectivity index is 1.95. The summed E-state index contributed by atoms with van der Waals surface area (Å²) in [6, 6.07) is 15.8. The number of halogens is 6. The number of alkyl halides is 6. The van der Waals surface area contributed by atoms with Crippen molar-refractivity contribution >= 4 is 27.3 Å². The fourth-order valence-electron chi connectivity index (χ4n) is 3.57. The van der Waals surface area contributed by atoms with Gasteiger partial charge in [-0.1, -0.05) is 50.1 Å². The van der Waals surface area contributed by atoms with Gasteiger partial charge < -0.3 is 10.4 Å². The van der Waals surface area contributed by atoms with Crippen LogP contribution in [0.15, 0.2) is 83.8 Å². The largest absolute Gasteiger partial charge is 0.471 e. The molecule has 2 N–H and O–H groups in total. The van der Waals surface area contributed by atoms with Crippen molar-refractivity contribution in [2.45, 2.75) is 36.7 Å². The second-order valence-corrected chi connectivity index (χ2v) is 11.1. The summed E-state index contributed by atoms with van der Waals surface area (Å²) < 4.78 is 107. The van der Waals surface area contributed by atoms with Crippen molar-refractivity contribution in [1.29, 1.82) is 0 Å². The fourth-order valence-corrected chi connectivity index (χ4v) is 5.22. The zero-order chi connectivity index (χ0) is 30.6. The molecule has 1 unspecified atom stereocenters. The van der Waals surface area contributed by atoms with Crippen LogP contribution in [0.1, 0.15) is 25.0 Å². The van der Waals surface area contributed by atoms with Gasteiger partial charge in [-0.15, -0.1) is 0 Å². The highest BCUT2D eigenvalue weighted by atomic mass is 32.2. The van der Waals surface area contributed by atoms with E-state index in [1.54, 1.807) is 31.2 Å². The molecule has 3 aromatic carbocycles. The molecule has 1 amide bonds. The maximum atomic E-state index is 14.0. The first-order chi connectivity index (χ1) is 18.9. The molecule has 6 nitrogen and oxygen atoms in total. The van der Waals surface area contributed by atoms with Gasteiger partial charge in [0.25, 0.3) is 10.0 Å². The predicted octanol–water partition coefficient (Wildman–Crippen LogP) is 5.84. The molecule has 0 radical (unpaired) electrons. The van der Waals surface area contributed by atoms with Crippen molar-refractivity contribution in [2.24, 2.45) is 5.92 Å². The molecule has 0 bridgehead atoms. The van der Waals surface area contributed by atoms with E-state index in [9.17, 15) is 44.7 Å². The van der Waals surface area contributed by atoms with Gasteiger partial charge in [-0.2, -0.15) is 26.3 Å². The maximum Gasteiger partial charge on any atom is 0.471 e. The standard InChI is InChI=1S/C28H24F6N2O4S/c1-19(2)18-36(41(39,40)24-6-4-3-5-7-24)23-14-10-21(11-15-23)26(38,28(32,33)34)17-16-20-8-12-22(13-9-20)35-25(37)27(29,30)31/h3-15,19,38H,18H2,1-2H3,(H,35,37). The number of anilines is 2. The molecule has 0 aromatic heterocycles. The van der Waals surface area contributed by atoms with E-state index in [0.29, 0.717) is 0 Å². The third-order valence-corrected chi connectivity index (χ3v) is 7.44. The van der Waals surface area contributed by atoms with Crippen LogP contribution in [0.4, 0.5) is 37.7 Å². The molecular weight excluding hydrogens is 574 g/mol. The number of carbonyl (C=O) groups is 1. The number of aliphatic hydroxyl groups is 1. The van der Waals surface area contributed by atoms with Gasteiger partial charge in [0.05, 0.1) is 10.6 Å². The number of nitrogens with zero attached hydrogens (tertiary/aromatic N) is 1. The van der Waals surface area contributed by atoms with Crippen molar-refractivity contribution in [1.82, 2.24) is 0 Å². The summed E-state index contributed by atoms with van der Waals surface area (Å²) in [4.78, 5) is 11.0. The van der Waals surface area contributed by atoms with E-state index in [1.807, 2.05) is 0 Å². The first-order valence-corrected chi connectivity index (χ1v) is 13.4. The van der Waals surface area contributed by atoms with E-state index in [-0.39, 0.29) is 34.3 Å². The van der Waals surface area contributed by atoms with E-state index in [1.165, 1.54) is 24.3 Å². The lowest BCUT2D eigenvalue weighted by molar-refractivity contribution is -0.240. The zero-order valence-electron chi connectivity index (χ0n) is 21.6. The summed E-state index contributed by atoms with van der Waals surface area (Å²) >= 11 is 0. The third kappa shape index (κ3) is 7.39. The van der Waals surface area contributed by atoms with Crippen LogP contribution in [0.5, 0.6) is 0 Å². The van der Waals surface area contributed by atoms with Crippen molar-refractivity contribution in [3.8, 4) is 11.8 Å². The number of hydrogen-bond donors (Lipinski definition) is 2. The van der Waals surface area contributed by atoms with E-state index < -0.39 is 39.4 Å². The highest BCUT2D eigenvalue weighted by molar-refractivity contribution is 7.92. The predicted molar refractivity (Wildman–Crippen MR) is 140 cm³/mol. The van der Waals surface area contributed by atoms with Gasteiger partial charge in [0.2, 0.25) is 5.60 Å². The summed E-state index contributed by atoms with van der Waals surface area (Å²) in [5, 5.41) is 12.2. The van der Waals surface area contributed by atoms with E-state index in [2.05, 4.69) is 5.92 Å². The van der Waals surface area contributed by atoms with Gasteiger partial charge >= 0.3 is 18.3 Å². The number of sulfonamides is 1. The average molecular weight is 599 g/mol. The van der Waals surface area contributed by atoms with E-state index in [0.717, 1.165) is 52.8 Å². The SMILES string of the molecule is CC(C)CN(c1ccc(C(O)(C#Cc2ccc(NC(=O)C(F)(F)F)cc2)C(F)(F)F)cc1)S(=O)(=O)c1ccccc1. The van der Waals surface area contributed by atoms with Crippen LogP contribution in [-0.4, -0.2) is 38.3 Å². The molecule has 0 spiro atoms. The third-order valence-electron chi connectivity index (χ3n) is 5.63. The summed E-state index contributed by atoms with van der Waals surface area (Å²) in [6.07, 6.45) is -10.4. The van der Waals surface area contributed by atoms with Gasteiger partial charge in [0, 0.05) is 23.4 Å². The van der Waals surface area contributed by atoms with Crippen molar-refractivity contribution in [3.63, 3.8) is 0 Å². The Bertz CT molecular complexity index is 1530. The first kappa shape index (κ1) is 31.5. The van der Waals surface area contributed by atoms with Gasteiger partial charge in [0.1, 0.15) is 0 Å². The number of hydrogen-bond acceptors (Lipinski definition) is 4. The minimum atomic E-state index is -5.28. The minimum Gasteiger partial charge on any atom is -0.366 e. The smallest absolute Gasteiger partial charge is 0.366 e. The lowest BCUT2D eigenvalue weighted by Crippen LogP contribution is -2.41. The highest BCUT2D eigenvalue weighted by Gasteiger charge is 2.54. The van der Waals surface area contributed by atoms with Crippen LogP contribution in [0, 0.1) is 17.8 Å². The molecule has 0 heterocycles. The molecule has 13 heteroatoms. The highest BCUT2D eigenvalue weighted by Crippen LogP contribution is 2.39. The fraction of sp³-hybridized carbons (Fsp3) is 0.250. The molecule has 3 rings (SSSR count). The lowest BCUT2D eigenvalue weighted by atomic mass is 9.93. The Morgan fingerprint density at radius 2 is 1.46 bits per heavy atom. The Kier molecular flexibility index (Phi) is 9.10. The molecule has 0 aliphatic carbocycles. The molecule has 41 heavy (non-hydrogen) atoms. The maximum absolute atomic E-state index is 14.0. The molecule has 0 fully saturated rings. The van der Waals surface area contributed by atoms with E-state index >= 15 is 0 Å². The van der Waals surface area contributed by atoms with Crippen LogP contribution < -0.4 is 9.62 Å². The zero-order valence-corrected chi connectivity index (χ0v) is 22.4. The van der Waals surface area contributed by atoms with Crippen molar-refractivity contribution < 1.29 is 44.7 Å². The second-order valence-electron chi connectivity index (χ2n) is 9.28. The summed E-state index contributed by atoms with van der Waals surface area (Å²) in [5.41, 5.74) is -4.64. The molecule has 0 aliphatic rings. The van der Waals surface area contributed by atoms with Crippen LogP contribution in [0.2, 0.25) is 0 Å². The van der Waals surface area contributed by atoms with Gasteiger partial charge in [-0.25, -0.2) is 8.42 Å². The monoisotopic (exact) mass is 598 g/mol. The van der Waals surface area contributed by atoms with Crippen molar-refractivity contribution in [3.05, 3.63) is 90.0 Å². The lowest BCUT2D eigenvalue weighted by Gasteiger charge is -2.28. The van der Waals surface area contributed by atoms with Gasteiger partial charge in [-0.3, -0.25) is 9.10 Å². The molecular formula is C28H24F6N2O4S. The Morgan fingerprint density at radius 1 is 0.902 bits per heavy atom. The quantitative estimate of drug-likeness (QED) is 0.264. The number of carbonyl (C=O) groups excluding carboxylic acids is 1. The van der Waals surface area contributed by atoms with E-state index in [4.69, 9.17) is 0 Å². The summed E-state index contributed by atoms with van der Waals surface area (Å²) in [6.45, 7) is 3.58. The molecule has 3 aromatic rings. The van der Waals surface area contributed by atoms with Gasteiger partial charge in [0.15, 0.2) is 0 Å². The van der Waals surface area contributed by atoms with Crippen molar-refractivity contribution in [2.75, 3.05) is 16.2 Å². The summed E-state index contributed by atoms with van der Waals surface area (Å²) in [5.74, 6) is 1.55. The molecule has 218 valence electrons. The molecule has 0 aliphatic heterocycles. The normalized spacial score (nSPS) is 13.6. The van der Waals surface area contributed by atoms with Crippen LogP contribution >= 0.6 is 0 Å². The average Bonchev–Trinajstić information content (AvgIpc) is 2.90. The van der Waals surface area contributed by atoms with Crippen LogP contribution in [0.3, 0.4) is 0 Å². The Labute approximate surface area is 232 Å². The molecule has 0 saturated heterocycles. The number of benzene rings is 3. The number of amides is 1. The Hall–Kier alpha value is -4.02. The molecule has 0 saturated carbocycles. The number of rotatable bonds is 7. The number of nitrogens with one attached hydrogen (secondary N) is 1. The first-order valence-electron chi connectivity index (χ1n) is 11.9. The topological polar surface area (TPSA) is 86.7 Å². The minimum absolute atomic E-state index is 0.00798.